The van der Waals surface area contributed by atoms with E-state index >= 15 is 0 Å². The van der Waals surface area contributed by atoms with Crippen LogP contribution in [0.3, 0.4) is 0 Å². The van der Waals surface area contributed by atoms with E-state index in [0.29, 0.717) is 0 Å². The van der Waals surface area contributed by atoms with Gasteiger partial charge in [0, 0.05) is 12.8 Å². The molecule has 0 saturated carbocycles. The monoisotopic (exact) mass is 306 g/mol. The fourth-order valence-electron chi connectivity index (χ4n) is 2.04. The number of hydrogen-bond donors (Lipinski definition) is 4. The molecule has 0 spiro atoms. The zero-order valence-electron chi connectivity index (χ0n) is 14.7. The molecule has 128 valence electrons. The van der Waals surface area contributed by atoms with Crippen LogP contribution in [0.4, 0.5) is 0 Å². The molecule has 0 bridgehead atoms. The normalized spacial score (nSPS) is 19.1. The Labute approximate surface area is 130 Å². The van der Waals surface area contributed by atoms with Gasteiger partial charge in [0.15, 0.2) is 0 Å². The average molecular weight is 306 g/mol. The van der Waals surface area contributed by atoms with Crippen LogP contribution in [0, 0.1) is 0 Å². The molecule has 0 amide bonds. The van der Waals surface area contributed by atoms with Gasteiger partial charge in [-0.2, -0.15) is 32.8 Å². The summed E-state index contributed by atoms with van der Waals surface area (Å²) >= 11 is 0. The van der Waals surface area contributed by atoms with E-state index < -0.39 is 0 Å². The third-order valence-electron chi connectivity index (χ3n) is 4.35. The first kappa shape index (κ1) is 20.7. The molecule has 0 aliphatic rings. The van der Waals surface area contributed by atoms with Crippen LogP contribution < -0.4 is 23.4 Å². The van der Waals surface area contributed by atoms with Crippen molar-refractivity contribution in [3.63, 3.8) is 0 Å². The lowest BCUT2D eigenvalue weighted by molar-refractivity contribution is -0.955. The van der Waals surface area contributed by atoms with Gasteiger partial charge in [-0.15, -0.1) is 0 Å². The maximum absolute atomic E-state index is 6.00. The van der Waals surface area contributed by atoms with E-state index in [0.717, 1.165) is 25.7 Å². The highest BCUT2D eigenvalue weighted by molar-refractivity contribution is 4.61. The zero-order chi connectivity index (χ0) is 16.8. The first-order chi connectivity index (χ1) is 9.34. The SMILES string of the molecule is CC(CCC(C)[N+](C)(N)N)OC(C)CCC(C)[N+](C)(N)N. The van der Waals surface area contributed by atoms with Gasteiger partial charge < -0.3 is 4.74 Å². The molecule has 0 aliphatic heterocycles. The van der Waals surface area contributed by atoms with Gasteiger partial charge in [0.25, 0.3) is 0 Å². The summed E-state index contributed by atoms with van der Waals surface area (Å²) in [4.78, 5) is 0. The van der Waals surface area contributed by atoms with Gasteiger partial charge in [0.2, 0.25) is 0 Å². The van der Waals surface area contributed by atoms with Crippen molar-refractivity contribution >= 4 is 0 Å². The van der Waals surface area contributed by atoms with E-state index in [1.54, 1.807) is 14.1 Å². The molecular weight excluding hydrogens is 268 g/mol. The van der Waals surface area contributed by atoms with Gasteiger partial charge in [-0.05, 0) is 40.5 Å². The van der Waals surface area contributed by atoms with Crippen LogP contribution in [0.25, 0.3) is 0 Å². The molecule has 0 aromatic carbocycles. The molecule has 21 heavy (non-hydrogen) atoms. The molecular formula is C14H38N6O+2. The maximum Gasteiger partial charge on any atom is 0.121 e. The van der Waals surface area contributed by atoms with Crippen molar-refractivity contribution in [1.29, 1.82) is 0 Å². The van der Waals surface area contributed by atoms with Gasteiger partial charge in [0.05, 0.1) is 12.2 Å². The largest absolute Gasteiger partial charge is 0.376 e. The summed E-state index contributed by atoms with van der Waals surface area (Å²) in [5, 5.41) is 0. The average Bonchev–Trinajstić information content (AvgIpc) is 2.30. The van der Waals surface area contributed by atoms with E-state index in [2.05, 4.69) is 27.7 Å². The summed E-state index contributed by atoms with van der Waals surface area (Å²) in [5.74, 6) is 23.3. The summed E-state index contributed by atoms with van der Waals surface area (Å²) in [6.07, 6.45) is 4.17. The standard InChI is InChI=1S/C14H38N6O/c1-11(19(5,15)16)7-9-13(3)21-14(4)10-8-12(2)20(6,17)18/h11-14H,7-10,15-18H2,1-6H3/q+2. The van der Waals surface area contributed by atoms with Crippen LogP contribution in [-0.4, -0.2) is 47.8 Å². The fraction of sp³-hybridized carbons (Fsp3) is 1.00. The minimum absolute atomic E-state index is 0.00326. The van der Waals surface area contributed by atoms with Crippen molar-refractivity contribution in [2.75, 3.05) is 14.1 Å². The Bertz CT molecular complexity index is 258. The number of nitrogens with zero attached hydrogens (tertiary/aromatic N) is 2. The van der Waals surface area contributed by atoms with Crippen molar-refractivity contribution in [2.24, 2.45) is 23.4 Å². The topological polar surface area (TPSA) is 113 Å². The summed E-state index contributed by atoms with van der Waals surface area (Å²) in [5.41, 5.74) is 0. The van der Waals surface area contributed by atoms with Crippen LogP contribution in [0.15, 0.2) is 0 Å². The van der Waals surface area contributed by atoms with Crippen LogP contribution in [0.5, 0.6) is 0 Å². The minimum atomic E-state index is 0.00326. The molecule has 0 heterocycles. The minimum Gasteiger partial charge on any atom is -0.376 e. The van der Waals surface area contributed by atoms with Crippen LogP contribution in [-0.2, 0) is 4.74 Å². The van der Waals surface area contributed by atoms with Crippen molar-refractivity contribution in [1.82, 2.24) is 0 Å². The van der Waals surface area contributed by atoms with E-state index in [9.17, 15) is 0 Å². The maximum atomic E-state index is 6.00. The Morgan fingerprint density at radius 3 is 1.19 bits per heavy atom. The fourth-order valence-corrected chi connectivity index (χ4v) is 2.04. The highest BCUT2D eigenvalue weighted by Gasteiger charge is 2.24. The quantitative estimate of drug-likeness (QED) is 0.267. The lowest BCUT2D eigenvalue weighted by atomic mass is 10.1. The Kier molecular flexibility index (Phi) is 8.27. The molecule has 0 radical (unpaired) electrons. The summed E-state index contributed by atoms with van der Waals surface area (Å²) in [7, 11) is 3.60. The molecule has 0 aliphatic carbocycles. The Hall–Kier alpha value is -0.280. The molecule has 0 saturated heterocycles. The second-order valence-corrected chi connectivity index (χ2v) is 7.05. The molecule has 4 unspecified atom stereocenters. The van der Waals surface area contributed by atoms with Crippen LogP contribution >= 0.6 is 0 Å². The smallest absolute Gasteiger partial charge is 0.121 e. The number of ether oxygens (including phenoxy) is 1. The molecule has 0 fully saturated rings. The Morgan fingerprint density at radius 2 is 0.952 bits per heavy atom. The van der Waals surface area contributed by atoms with E-state index in [-0.39, 0.29) is 33.7 Å². The van der Waals surface area contributed by atoms with Crippen LogP contribution in [0.2, 0.25) is 0 Å². The molecule has 0 rings (SSSR count). The Morgan fingerprint density at radius 1 is 0.667 bits per heavy atom. The second-order valence-electron chi connectivity index (χ2n) is 7.05. The first-order valence-electron chi connectivity index (χ1n) is 7.86. The lowest BCUT2D eigenvalue weighted by Gasteiger charge is -2.30. The van der Waals surface area contributed by atoms with Gasteiger partial charge in [-0.3, -0.25) is 0 Å². The second kappa shape index (κ2) is 8.38. The van der Waals surface area contributed by atoms with E-state index in [4.69, 9.17) is 28.1 Å². The van der Waals surface area contributed by atoms with E-state index in [1.165, 1.54) is 0 Å². The van der Waals surface area contributed by atoms with Gasteiger partial charge in [-0.25, -0.2) is 0 Å². The van der Waals surface area contributed by atoms with Crippen molar-refractivity contribution in [3.05, 3.63) is 0 Å². The molecule has 0 aromatic heterocycles. The summed E-state index contributed by atoms with van der Waals surface area (Å²) in [6.45, 7) is 8.30. The third-order valence-corrected chi connectivity index (χ3v) is 4.35. The highest BCUT2D eigenvalue weighted by atomic mass is 16.5. The molecule has 4 atom stereocenters. The number of quaternary nitrogens is 2. The third kappa shape index (κ3) is 9.36. The predicted octanol–water partition coefficient (Wildman–Crippen LogP) is 0.505. The van der Waals surface area contributed by atoms with Gasteiger partial charge in [-0.1, -0.05) is 0 Å². The molecule has 7 heteroatoms. The number of nitrogens with two attached hydrogens (primary N) is 4. The molecule has 8 N–H and O–H groups in total. The molecule has 0 aromatic rings. The summed E-state index contributed by atoms with van der Waals surface area (Å²) in [6, 6.07) is 0.415. The van der Waals surface area contributed by atoms with Crippen LogP contribution in [0.1, 0.15) is 53.4 Å². The predicted molar refractivity (Wildman–Crippen MR) is 86.5 cm³/mol. The molecule has 7 nitrogen and oxygen atoms in total. The Balaban J connectivity index is 3.97. The number of hydrogen-bond acceptors (Lipinski definition) is 5. The van der Waals surface area contributed by atoms with Crippen molar-refractivity contribution < 1.29 is 14.1 Å². The van der Waals surface area contributed by atoms with Crippen molar-refractivity contribution in [2.45, 2.75) is 77.7 Å². The number of rotatable bonds is 10. The van der Waals surface area contributed by atoms with E-state index in [1.807, 2.05) is 0 Å². The highest BCUT2D eigenvalue weighted by Crippen LogP contribution is 2.15. The van der Waals surface area contributed by atoms with Gasteiger partial charge in [0.1, 0.15) is 26.2 Å². The van der Waals surface area contributed by atoms with Crippen molar-refractivity contribution in [3.8, 4) is 0 Å². The summed E-state index contributed by atoms with van der Waals surface area (Å²) < 4.78 is 6.01. The van der Waals surface area contributed by atoms with Gasteiger partial charge >= 0.3 is 0 Å². The first-order valence-corrected chi connectivity index (χ1v) is 7.86. The lowest BCUT2D eigenvalue weighted by Crippen LogP contribution is -2.62. The zero-order valence-corrected chi connectivity index (χ0v) is 14.7.